The number of oxazole rings is 1. The minimum atomic E-state index is -0.986. The Morgan fingerprint density at radius 2 is 1.95 bits per heavy atom. The molecule has 0 saturated carbocycles. The molecule has 3 aromatic heterocycles. The molecule has 3 amide bonds. The minimum Gasteiger partial charge on any atom is -0.467 e. The average molecular weight is 758 g/mol. The van der Waals surface area contributed by atoms with Crippen molar-refractivity contribution in [3.63, 3.8) is 0 Å². The summed E-state index contributed by atoms with van der Waals surface area (Å²) in [5.41, 5.74) is 9.00. The first kappa shape index (κ1) is 41.1. The molecule has 14 heteroatoms. The molecule has 4 aromatic rings. The molecule has 296 valence electrons. The van der Waals surface area contributed by atoms with Crippen molar-refractivity contribution in [2.45, 2.75) is 92.0 Å². The number of aromatic nitrogens is 3. The van der Waals surface area contributed by atoms with E-state index in [1.807, 2.05) is 32.9 Å². The molecule has 1 saturated heterocycles. The Kier molecular flexibility index (Phi) is 13.5. The summed E-state index contributed by atoms with van der Waals surface area (Å²) in [4.78, 5) is 61.1. The van der Waals surface area contributed by atoms with Gasteiger partial charge < -0.3 is 28.7 Å². The monoisotopic (exact) mass is 757 g/mol. The number of likely N-dealkylation sites (N-methyl/N-ethyl adjacent to an activating group) is 1. The van der Waals surface area contributed by atoms with Crippen LogP contribution in [0.25, 0.3) is 33.4 Å². The first-order valence-corrected chi connectivity index (χ1v) is 19.0. The van der Waals surface area contributed by atoms with Crippen LogP contribution in [0.4, 0.5) is 0 Å². The predicted molar refractivity (Wildman–Crippen MR) is 208 cm³/mol. The third-order valence-electron chi connectivity index (χ3n) is 10.2. The molecule has 2 N–H and O–H groups in total. The summed E-state index contributed by atoms with van der Waals surface area (Å²) in [7, 11) is 3.22. The fourth-order valence-electron chi connectivity index (χ4n) is 7.50. The molecule has 0 spiro atoms. The van der Waals surface area contributed by atoms with Crippen LogP contribution in [0.5, 0.6) is 0 Å². The van der Waals surface area contributed by atoms with E-state index in [4.69, 9.17) is 23.9 Å². The van der Waals surface area contributed by atoms with Gasteiger partial charge >= 0.3 is 0 Å². The number of methoxy groups -OCH3 is 1. The first-order valence-electron chi connectivity index (χ1n) is 19.0. The van der Waals surface area contributed by atoms with E-state index in [9.17, 15) is 19.2 Å². The Labute approximate surface area is 322 Å². The van der Waals surface area contributed by atoms with E-state index in [1.54, 1.807) is 31.6 Å². The van der Waals surface area contributed by atoms with Gasteiger partial charge in [0.2, 0.25) is 12.3 Å². The van der Waals surface area contributed by atoms with Crippen molar-refractivity contribution in [1.82, 2.24) is 35.2 Å². The number of hydrogen-bond acceptors (Lipinski definition) is 10. The molecule has 4 heterocycles. The first-order chi connectivity index (χ1) is 26.3. The number of nitrogens with zero attached hydrogens (tertiary/aromatic N) is 5. The average Bonchev–Trinajstić information content (AvgIpc) is 3.77. The minimum absolute atomic E-state index is 0.00855. The number of amides is 3. The van der Waals surface area contributed by atoms with Gasteiger partial charge in [0.05, 0.1) is 30.5 Å². The Morgan fingerprint density at radius 1 is 1.16 bits per heavy atom. The second kappa shape index (κ2) is 18.0. The van der Waals surface area contributed by atoms with Crippen molar-refractivity contribution in [2.75, 3.05) is 33.9 Å². The van der Waals surface area contributed by atoms with E-state index in [2.05, 4.69) is 54.3 Å². The van der Waals surface area contributed by atoms with Crippen LogP contribution >= 0.6 is 0 Å². The molecule has 3 unspecified atom stereocenters. The number of carbonyl (C=O) groups excluding carboxylic acids is 4. The maximum absolute atomic E-state index is 13.8. The van der Waals surface area contributed by atoms with Crippen LogP contribution in [0, 0.1) is 11.3 Å². The predicted octanol–water partition coefficient (Wildman–Crippen LogP) is 5.09. The van der Waals surface area contributed by atoms with Gasteiger partial charge in [0.15, 0.2) is 5.89 Å². The number of ether oxygens (including phenoxy) is 2. The highest BCUT2D eigenvalue weighted by Gasteiger charge is 2.34. The summed E-state index contributed by atoms with van der Waals surface area (Å²) < 4.78 is 19.3. The van der Waals surface area contributed by atoms with Crippen molar-refractivity contribution in [1.29, 1.82) is 0 Å². The SMILES string of the molecule is CCn1c(-c2cccnc2C(C)OC)c(CC(C)(C)COC=O)c2cc(-c3coc(CC(NC(=O)C(C(C)C)N(C)C=O)C(=O)N4CCCCN4)n3)ccc21. The Bertz CT molecular complexity index is 1960. The number of benzene rings is 1. The highest BCUT2D eigenvalue weighted by atomic mass is 16.5. The van der Waals surface area contributed by atoms with E-state index in [-0.39, 0.29) is 36.8 Å². The van der Waals surface area contributed by atoms with E-state index in [0.29, 0.717) is 44.6 Å². The lowest BCUT2D eigenvalue weighted by Gasteiger charge is -2.33. The molecule has 5 rings (SSSR count). The van der Waals surface area contributed by atoms with Gasteiger partial charge in [-0.15, -0.1) is 0 Å². The van der Waals surface area contributed by atoms with Gasteiger partial charge in [-0.05, 0) is 68.9 Å². The number of hydrazine groups is 1. The highest BCUT2D eigenvalue weighted by molar-refractivity contribution is 5.95. The largest absolute Gasteiger partial charge is 0.467 e. The van der Waals surface area contributed by atoms with E-state index >= 15 is 0 Å². The van der Waals surface area contributed by atoms with Gasteiger partial charge in [0, 0.05) is 67.4 Å². The van der Waals surface area contributed by atoms with Crippen LogP contribution in [0.3, 0.4) is 0 Å². The van der Waals surface area contributed by atoms with Crippen LogP contribution in [0.15, 0.2) is 47.2 Å². The topological polar surface area (TPSA) is 161 Å². The van der Waals surface area contributed by atoms with Crippen molar-refractivity contribution in [3.8, 4) is 22.5 Å². The number of hydrogen-bond donors (Lipinski definition) is 2. The van der Waals surface area contributed by atoms with Gasteiger partial charge in [0.1, 0.15) is 24.0 Å². The molecule has 1 aromatic carbocycles. The van der Waals surface area contributed by atoms with Crippen LogP contribution in [0.1, 0.15) is 77.6 Å². The smallest absolute Gasteiger partial charge is 0.293 e. The van der Waals surface area contributed by atoms with E-state index in [0.717, 1.165) is 51.8 Å². The lowest BCUT2D eigenvalue weighted by Crippen LogP contribution is -2.59. The lowest BCUT2D eigenvalue weighted by molar-refractivity contribution is -0.142. The van der Waals surface area contributed by atoms with Crippen molar-refractivity contribution in [2.24, 2.45) is 11.3 Å². The molecule has 14 nitrogen and oxygen atoms in total. The fraction of sp³-hybridized carbons (Fsp3) is 0.512. The molecule has 0 aliphatic carbocycles. The molecule has 3 atom stereocenters. The van der Waals surface area contributed by atoms with Crippen molar-refractivity contribution >= 4 is 35.6 Å². The number of aryl methyl sites for hydroxylation is 1. The summed E-state index contributed by atoms with van der Waals surface area (Å²) in [6.45, 7) is 14.5. The van der Waals surface area contributed by atoms with Crippen molar-refractivity contribution in [3.05, 3.63) is 59.9 Å². The Balaban J connectivity index is 1.56. The molecule has 1 aliphatic rings. The van der Waals surface area contributed by atoms with Gasteiger partial charge in [-0.1, -0.05) is 33.8 Å². The maximum Gasteiger partial charge on any atom is 0.293 e. The Hall–Kier alpha value is -5.08. The molecule has 0 radical (unpaired) electrons. The van der Waals surface area contributed by atoms with Gasteiger partial charge in [-0.2, -0.15) is 0 Å². The van der Waals surface area contributed by atoms with Gasteiger partial charge in [-0.3, -0.25) is 29.2 Å². The zero-order valence-corrected chi connectivity index (χ0v) is 33.3. The molecular formula is C41H55N7O7. The van der Waals surface area contributed by atoms with Crippen LogP contribution < -0.4 is 10.7 Å². The number of carbonyl (C=O) groups is 4. The third kappa shape index (κ3) is 9.25. The van der Waals surface area contributed by atoms with Gasteiger partial charge in [0.25, 0.3) is 12.4 Å². The second-order valence-electron chi connectivity index (χ2n) is 15.3. The van der Waals surface area contributed by atoms with Gasteiger partial charge in [-0.25, -0.2) is 10.4 Å². The third-order valence-corrected chi connectivity index (χ3v) is 10.2. The van der Waals surface area contributed by atoms with Crippen LogP contribution in [-0.2, 0) is 48.0 Å². The highest BCUT2D eigenvalue weighted by Crippen LogP contribution is 2.41. The summed E-state index contributed by atoms with van der Waals surface area (Å²) in [6, 6.07) is 8.41. The van der Waals surface area contributed by atoms with E-state index < -0.39 is 23.4 Å². The number of rotatable bonds is 18. The van der Waals surface area contributed by atoms with E-state index in [1.165, 1.54) is 4.90 Å². The normalized spacial score (nSPS) is 15.1. The fourth-order valence-corrected chi connectivity index (χ4v) is 7.50. The van der Waals surface area contributed by atoms with Crippen molar-refractivity contribution < 1.29 is 33.1 Å². The quantitative estimate of drug-likeness (QED) is 0.131. The zero-order chi connectivity index (χ0) is 39.9. The van der Waals surface area contributed by atoms with Crippen LogP contribution in [0.2, 0.25) is 0 Å². The molecule has 1 aliphatic heterocycles. The number of fused-ring (bicyclic) bond motifs is 1. The Morgan fingerprint density at radius 3 is 2.60 bits per heavy atom. The second-order valence-corrected chi connectivity index (χ2v) is 15.3. The molecule has 55 heavy (non-hydrogen) atoms. The molecular weight excluding hydrogens is 702 g/mol. The standard InChI is InChI=1S/C41H55N7O7/c1-9-47-34-15-14-28(19-30(34)31(21-41(5,6)23-54-25-50)38(47)29-13-12-16-42-36(29)27(4)53-8)33-22-55-35(44-33)20-32(40(52)48-18-11-10-17-43-48)45-39(51)37(26(2)3)46(7)24-49/h12-16,19,22,24-27,32,37,43H,9-11,17-18,20-21,23H2,1-8H3,(H,45,51). The molecule has 1 fully saturated rings. The number of nitrogens with one attached hydrogen (secondary N) is 2. The molecule has 0 bridgehead atoms. The summed E-state index contributed by atoms with van der Waals surface area (Å²) in [6.07, 6.45) is 6.08. The summed E-state index contributed by atoms with van der Waals surface area (Å²) in [5, 5.41) is 5.45. The van der Waals surface area contributed by atoms with Crippen LogP contribution in [-0.4, -0.2) is 95.1 Å². The summed E-state index contributed by atoms with van der Waals surface area (Å²) in [5.74, 6) is -0.642. The lowest BCUT2D eigenvalue weighted by atomic mass is 9.84. The maximum atomic E-state index is 13.8. The number of pyridine rings is 1. The summed E-state index contributed by atoms with van der Waals surface area (Å²) >= 11 is 0. The zero-order valence-electron chi connectivity index (χ0n) is 33.3.